The number of hydrogen-bond acceptors (Lipinski definition) is 4. The van der Waals surface area contributed by atoms with Crippen molar-refractivity contribution in [1.29, 1.82) is 0 Å². The summed E-state index contributed by atoms with van der Waals surface area (Å²) in [5.41, 5.74) is 0. The molecule has 25 heavy (non-hydrogen) atoms. The van der Waals surface area contributed by atoms with Crippen LogP contribution >= 0.6 is 0 Å². The van der Waals surface area contributed by atoms with Crippen molar-refractivity contribution in [2.45, 2.75) is 111 Å². The lowest BCUT2D eigenvalue weighted by Crippen LogP contribution is -2.18. The molecule has 0 rings (SSSR count). The Morgan fingerprint density at radius 1 is 0.880 bits per heavy atom. The Morgan fingerprint density at radius 2 is 1.56 bits per heavy atom. The highest BCUT2D eigenvalue weighted by Crippen LogP contribution is 2.10. The van der Waals surface area contributed by atoms with Crippen LogP contribution in [-0.2, 0) is 19.1 Å². The molecule has 0 amide bonds. The molecule has 0 spiro atoms. The van der Waals surface area contributed by atoms with Gasteiger partial charge in [0.05, 0.1) is 6.10 Å². The van der Waals surface area contributed by atoms with Crippen molar-refractivity contribution in [3.05, 3.63) is 0 Å². The first kappa shape index (κ1) is 23.5. The predicted octanol–water partition coefficient (Wildman–Crippen LogP) is 5.18. The molecular weight excluding hydrogens is 316 g/mol. The number of hydrogen-bond donors (Lipinski definition) is 0. The Labute approximate surface area is 154 Å². The van der Waals surface area contributed by atoms with Crippen LogP contribution < -0.4 is 0 Å². The molecule has 4 nitrogen and oxygen atoms in total. The standard InChI is InChI=1S/C21H36O4/c1-5-8-10-12-15-19(7-3)25-21(23)17-13-16-20(22)24-18(4)14-11-9-6-2/h18-19H,5-9,11,13-17H2,1-4H3. The van der Waals surface area contributed by atoms with E-state index in [1.807, 2.05) is 13.8 Å². The van der Waals surface area contributed by atoms with Gasteiger partial charge in [-0.15, -0.1) is 5.92 Å². The van der Waals surface area contributed by atoms with Gasteiger partial charge in [0.2, 0.25) is 0 Å². The van der Waals surface area contributed by atoms with Crippen LogP contribution in [0.25, 0.3) is 0 Å². The van der Waals surface area contributed by atoms with Gasteiger partial charge in [0, 0.05) is 25.7 Å². The van der Waals surface area contributed by atoms with Gasteiger partial charge in [-0.25, -0.2) is 0 Å². The molecule has 0 aromatic rings. The third kappa shape index (κ3) is 14.5. The molecule has 0 radical (unpaired) electrons. The molecule has 0 heterocycles. The van der Waals surface area contributed by atoms with E-state index in [0.29, 0.717) is 12.8 Å². The smallest absolute Gasteiger partial charge is 0.306 e. The summed E-state index contributed by atoms with van der Waals surface area (Å²) < 4.78 is 10.8. The van der Waals surface area contributed by atoms with Gasteiger partial charge in [-0.05, 0) is 39.0 Å². The van der Waals surface area contributed by atoms with Crippen LogP contribution in [0.15, 0.2) is 0 Å². The summed E-state index contributed by atoms with van der Waals surface area (Å²) in [5, 5.41) is 0. The van der Waals surface area contributed by atoms with E-state index in [1.54, 1.807) is 0 Å². The molecule has 0 saturated carbocycles. The SMILES string of the molecule is CCCC#CCC(CC)OC(=O)CCCC(=O)OC(C)CCCCC. The fraction of sp³-hybridized carbons (Fsp3) is 0.810. The highest BCUT2D eigenvalue weighted by atomic mass is 16.5. The third-order valence-corrected chi connectivity index (χ3v) is 3.89. The van der Waals surface area contributed by atoms with Gasteiger partial charge >= 0.3 is 11.9 Å². The highest BCUT2D eigenvalue weighted by molar-refractivity contribution is 5.72. The van der Waals surface area contributed by atoms with Crippen LogP contribution in [0.4, 0.5) is 0 Å². The van der Waals surface area contributed by atoms with Gasteiger partial charge in [0.15, 0.2) is 0 Å². The first-order chi connectivity index (χ1) is 12.0. The second-order valence-corrected chi connectivity index (χ2v) is 6.48. The molecule has 0 bridgehead atoms. The lowest BCUT2D eigenvalue weighted by Gasteiger charge is -2.14. The van der Waals surface area contributed by atoms with Crippen LogP contribution in [0.3, 0.4) is 0 Å². The van der Waals surface area contributed by atoms with E-state index in [1.165, 1.54) is 0 Å². The quantitative estimate of drug-likeness (QED) is 0.260. The van der Waals surface area contributed by atoms with Crippen LogP contribution in [0.5, 0.6) is 0 Å². The van der Waals surface area contributed by atoms with E-state index < -0.39 is 0 Å². The van der Waals surface area contributed by atoms with Gasteiger partial charge in [-0.3, -0.25) is 9.59 Å². The third-order valence-electron chi connectivity index (χ3n) is 3.89. The molecule has 0 aliphatic carbocycles. The Hall–Kier alpha value is -1.50. The van der Waals surface area contributed by atoms with Crippen LogP contribution in [0, 0.1) is 11.8 Å². The molecule has 2 atom stereocenters. The minimum atomic E-state index is -0.257. The van der Waals surface area contributed by atoms with Crippen molar-refractivity contribution in [1.82, 2.24) is 0 Å². The highest BCUT2D eigenvalue weighted by Gasteiger charge is 2.14. The van der Waals surface area contributed by atoms with Crippen molar-refractivity contribution in [2.24, 2.45) is 0 Å². The summed E-state index contributed by atoms with van der Waals surface area (Å²) in [6, 6.07) is 0. The predicted molar refractivity (Wildman–Crippen MR) is 101 cm³/mol. The van der Waals surface area contributed by atoms with Crippen molar-refractivity contribution >= 4 is 11.9 Å². The Kier molecular flexibility index (Phi) is 15.0. The molecular formula is C21H36O4. The minimum Gasteiger partial charge on any atom is -0.463 e. The Morgan fingerprint density at radius 3 is 2.16 bits per heavy atom. The fourth-order valence-corrected chi connectivity index (χ4v) is 2.31. The zero-order valence-electron chi connectivity index (χ0n) is 16.6. The molecule has 0 saturated heterocycles. The molecule has 4 heteroatoms. The maximum atomic E-state index is 11.9. The molecule has 2 unspecified atom stereocenters. The minimum absolute atomic E-state index is 0.0443. The largest absolute Gasteiger partial charge is 0.463 e. The number of esters is 2. The lowest BCUT2D eigenvalue weighted by molar-refractivity contribution is -0.150. The maximum Gasteiger partial charge on any atom is 0.306 e. The molecule has 144 valence electrons. The fourth-order valence-electron chi connectivity index (χ4n) is 2.31. The summed E-state index contributed by atoms with van der Waals surface area (Å²) in [5.74, 6) is 5.64. The monoisotopic (exact) mass is 352 g/mol. The van der Waals surface area contributed by atoms with Gasteiger partial charge in [-0.1, -0.05) is 39.5 Å². The van der Waals surface area contributed by atoms with E-state index in [-0.39, 0.29) is 37.0 Å². The van der Waals surface area contributed by atoms with Crippen molar-refractivity contribution in [2.75, 3.05) is 0 Å². The summed E-state index contributed by atoms with van der Waals surface area (Å²) in [7, 11) is 0. The number of carbonyl (C=O) groups excluding carboxylic acids is 2. The van der Waals surface area contributed by atoms with E-state index in [0.717, 1.165) is 44.9 Å². The van der Waals surface area contributed by atoms with Crippen molar-refractivity contribution in [3.8, 4) is 11.8 Å². The van der Waals surface area contributed by atoms with E-state index in [2.05, 4.69) is 25.7 Å². The van der Waals surface area contributed by atoms with E-state index in [9.17, 15) is 9.59 Å². The second-order valence-electron chi connectivity index (χ2n) is 6.48. The normalized spacial score (nSPS) is 12.6. The van der Waals surface area contributed by atoms with Gasteiger partial charge in [-0.2, -0.15) is 0 Å². The number of ether oxygens (including phenoxy) is 2. The average molecular weight is 353 g/mol. The van der Waals surface area contributed by atoms with E-state index >= 15 is 0 Å². The lowest BCUT2D eigenvalue weighted by atomic mass is 10.1. The Balaban J connectivity index is 3.89. The van der Waals surface area contributed by atoms with Crippen molar-refractivity contribution in [3.63, 3.8) is 0 Å². The first-order valence-corrected chi connectivity index (χ1v) is 9.88. The molecule has 0 fully saturated rings. The summed E-state index contributed by atoms with van der Waals surface area (Å²) in [4.78, 5) is 23.6. The first-order valence-electron chi connectivity index (χ1n) is 9.88. The zero-order valence-corrected chi connectivity index (χ0v) is 16.6. The Bertz CT molecular complexity index is 419. The topological polar surface area (TPSA) is 52.6 Å². The second kappa shape index (κ2) is 16.0. The molecule has 0 aliphatic heterocycles. The van der Waals surface area contributed by atoms with E-state index in [4.69, 9.17) is 9.47 Å². The maximum absolute atomic E-state index is 11.9. The van der Waals surface area contributed by atoms with Crippen molar-refractivity contribution < 1.29 is 19.1 Å². The molecule has 0 N–H and O–H groups in total. The number of carbonyl (C=O) groups is 2. The zero-order chi connectivity index (χ0) is 18.9. The summed E-state index contributed by atoms with van der Waals surface area (Å²) in [6.45, 7) is 8.14. The summed E-state index contributed by atoms with van der Waals surface area (Å²) in [6.07, 6.45) is 8.34. The van der Waals surface area contributed by atoms with Gasteiger partial charge < -0.3 is 9.47 Å². The van der Waals surface area contributed by atoms with Crippen LogP contribution in [-0.4, -0.2) is 24.1 Å². The van der Waals surface area contributed by atoms with Gasteiger partial charge in [0.1, 0.15) is 6.10 Å². The number of unbranched alkanes of at least 4 members (excludes halogenated alkanes) is 3. The average Bonchev–Trinajstić information content (AvgIpc) is 2.57. The van der Waals surface area contributed by atoms with Gasteiger partial charge in [0.25, 0.3) is 0 Å². The number of rotatable bonds is 13. The van der Waals surface area contributed by atoms with Crippen LogP contribution in [0.2, 0.25) is 0 Å². The molecule has 0 aromatic heterocycles. The van der Waals surface area contributed by atoms with Crippen LogP contribution in [0.1, 0.15) is 98.3 Å². The summed E-state index contributed by atoms with van der Waals surface area (Å²) >= 11 is 0. The molecule has 0 aromatic carbocycles. The molecule has 0 aliphatic rings.